The van der Waals surface area contributed by atoms with Crippen molar-refractivity contribution in [2.75, 3.05) is 52.8 Å². The molecular formula is C18H37NO5. The van der Waals surface area contributed by atoms with E-state index in [9.17, 15) is 4.79 Å². The van der Waals surface area contributed by atoms with Crippen LogP contribution in [0.3, 0.4) is 0 Å². The molecule has 0 spiro atoms. The third-order valence-electron chi connectivity index (χ3n) is 3.23. The van der Waals surface area contributed by atoms with Gasteiger partial charge in [-0.3, -0.25) is 4.79 Å². The zero-order valence-electron chi connectivity index (χ0n) is 15.8. The average molecular weight is 347 g/mol. The van der Waals surface area contributed by atoms with Gasteiger partial charge in [-0.05, 0) is 33.6 Å². The fourth-order valence-corrected chi connectivity index (χ4v) is 1.97. The van der Waals surface area contributed by atoms with Crippen LogP contribution in [0.15, 0.2) is 0 Å². The molecule has 24 heavy (non-hydrogen) atoms. The Balaban J connectivity index is 3.04. The maximum Gasteiger partial charge on any atom is 0.222 e. The Labute approximate surface area is 147 Å². The maximum absolute atomic E-state index is 11.2. The number of carbonyl (C=O) groups excluding carboxylic acids is 1. The molecule has 6 heteroatoms. The minimum atomic E-state index is 0.0271. The van der Waals surface area contributed by atoms with Gasteiger partial charge in [0.1, 0.15) is 0 Å². The van der Waals surface area contributed by atoms with Crippen LogP contribution in [0.2, 0.25) is 0 Å². The summed E-state index contributed by atoms with van der Waals surface area (Å²) in [4.78, 5) is 11.2. The Morgan fingerprint density at radius 1 is 0.792 bits per heavy atom. The lowest BCUT2D eigenvalue weighted by Crippen LogP contribution is -2.24. The second-order valence-corrected chi connectivity index (χ2v) is 5.87. The van der Waals surface area contributed by atoms with Crippen molar-refractivity contribution < 1.29 is 23.7 Å². The van der Waals surface area contributed by atoms with Gasteiger partial charge in [-0.1, -0.05) is 12.8 Å². The molecule has 0 aromatic carbocycles. The van der Waals surface area contributed by atoms with E-state index in [1.165, 1.54) is 12.8 Å². The van der Waals surface area contributed by atoms with Gasteiger partial charge >= 0.3 is 0 Å². The van der Waals surface area contributed by atoms with Crippen LogP contribution < -0.4 is 5.32 Å². The molecule has 0 saturated heterocycles. The zero-order valence-corrected chi connectivity index (χ0v) is 15.8. The van der Waals surface area contributed by atoms with E-state index in [1.54, 1.807) is 0 Å². The fraction of sp³-hybridized carbons (Fsp3) is 0.944. The van der Waals surface area contributed by atoms with Gasteiger partial charge in [0.05, 0.1) is 39.1 Å². The van der Waals surface area contributed by atoms with E-state index in [0.29, 0.717) is 52.1 Å². The minimum absolute atomic E-state index is 0.0271. The Morgan fingerprint density at radius 2 is 1.33 bits per heavy atom. The molecule has 0 aliphatic rings. The minimum Gasteiger partial charge on any atom is -0.379 e. The van der Waals surface area contributed by atoms with Crippen LogP contribution in [0.25, 0.3) is 0 Å². The van der Waals surface area contributed by atoms with E-state index in [0.717, 1.165) is 26.1 Å². The van der Waals surface area contributed by atoms with Gasteiger partial charge in [0.25, 0.3) is 0 Å². The van der Waals surface area contributed by atoms with Crippen LogP contribution >= 0.6 is 0 Å². The van der Waals surface area contributed by atoms with Crippen molar-refractivity contribution in [2.45, 2.75) is 59.0 Å². The highest BCUT2D eigenvalue weighted by Crippen LogP contribution is 2.01. The van der Waals surface area contributed by atoms with Gasteiger partial charge in [0.2, 0.25) is 5.91 Å². The van der Waals surface area contributed by atoms with E-state index in [4.69, 9.17) is 18.9 Å². The zero-order chi connectivity index (χ0) is 17.9. The summed E-state index contributed by atoms with van der Waals surface area (Å²) in [5.41, 5.74) is 0. The number of hydrogen-bond acceptors (Lipinski definition) is 5. The monoisotopic (exact) mass is 347 g/mol. The molecule has 1 amide bonds. The third-order valence-corrected chi connectivity index (χ3v) is 3.23. The summed E-state index contributed by atoms with van der Waals surface area (Å²) >= 11 is 0. The second-order valence-electron chi connectivity index (χ2n) is 5.87. The summed E-state index contributed by atoms with van der Waals surface area (Å²) in [5, 5.41) is 2.73. The van der Waals surface area contributed by atoms with Gasteiger partial charge in [0, 0.05) is 26.2 Å². The lowest BCUT2D eigenvalue weighted by Gasteiger charge is -2.08. The van der Waals surface area contributed by atoms with Crippen LogP contribution in [0, 0.1) is 0 Å². The van der Waals surface area contributed by atoms with E-state index in [2.05, 4.69) is 19.2 Å². The highest BCUT2D eigenvalue weighted by molar-refractivity contribution is 5.75. The van der Waals surface area contributed by atoms with Crippen molar-refractivity contribution in [1.82, 2.24) is 5.32 Å². The standard InChI is InChI=1S/C18H37NO5/c1-4-19-18(20)9-12-22-14-16-23-15-13-21-10-7-5-6-8-11-24-17(2)3/h17H,4-16H2,1-3H3,(H,19,20). The number of rotatable bonds is 18. The molecule has 144 valence electrons. The molecule has 1 N–H and O–H groups in total. The molecule has 0 saturated carbocycles. The molecule has 0 aromatic rings. The predicted molar refractivity (Wildman–Crippen MR) is 95.3 cm³/mol. The summed E-state index contributed by atoms with van der Waals surface area (Å²) in [6.45, 7) is 11.0. The molecule has 0 atom stereocenters. The van der Waals surface area contributed by atoms with Crippen molar-refractivity contribution in [3.8, 4) is 0 Å². The molecule has 0 bridgehead atoms. The maximum atomic E-state index is 11.2. The first kappa shape index (κ1) is 23.3. The average Bonchev–Trinajstić information content (AvgIpc) is 2.54. The van der Waals surface area contributed by atoms with Crippen molar-refractivity contribution in [2.24, 2.45) is 0 Å². The van der Waals surface area contributed by atoms with Gasteiger partial charge in [-0.25, -0.2) is 0 Å². The Hall–Kier alpha value is -0.690. The summed E-state index contributed by atoms with van der Waals surface area (Å²) in [5.74, 6) is 0.0271. The van der Waals surface area contributed by atoms with E-state index >= 15 is 0 Å². The first-order valence-electron chi connectivity index (χ1n) is 9.28. The smallest absolute Gasteiger partial charge is 0.222 e. The highest BCUT2D eigenvalue weighted by atomic mass is 16.5. The Morgan fingerprint density at radius 3 is 1.92 bits per heavy atom. The molecule has 0 heterocycles. The van der Waals surface area contributed by atoms with Gasteiger partial charge in [-0.2, -0.15) is 0 Å². The summed E-state index contributed by atoms with van der Waals surface area (Å²) in [6, 6.07) is 0. The SMILES string of the molecule is CCNC(=O)CCOCCOCCOCCCCCCOC(C)C. The molecule has 6 nitrogen and oxygen atoms in total. The first-order chi connectivity index (χ1) is 11.7. The van der Waals surface area contributed by atoms with Crippen molar-refractivity contribution >= 4 is 5.91 Å². The largest absolute Gasteiger partial charge is 0.379 e. The van der Waals surface area contributed by atoms with Crippen molar-refractivity contribution in [1.29, 1.82) is 0 Å². The van der Waals surface area contributed by atoms with Crippen molar-refractivity contribution in [3.05, 3.63) is 0 Å². The van der Waals surface area contributed by atoms with Crippen LogP contribution in [0.1, 0.15) is 52.9 Å². The first-order valence-corrected chi connectivity index (χ1v) is 9.28. The molecular weight excluding hydrogens is 310 g/mol. The number of unbranched alkanes of at least 4 members (excludes halogenated alkanes) is 3. The molecule has 0 aliphatic heterocycles. The molecule has 0 fully saturated rings. The van der Waals surface area contributed by atoms with Crippen LogP contribution in [-0.2, 0) is 23.7 Å². The number of ether oxygens (including phenoxy) is 4. The van der Waals surface area contributed by atoms with Gasteiger partial charge < -0.3 is 24.3 Å². The summed E-state index contributed by atoms with van der Waals surface area (Å²) in [6.07, 6.45) is 5.33. The normalized spacial score (nSPS) is 11.2. The molecule has 0 rings (SSSR count). The Bertz CT molecular complexity index is 274. The highest BCUT2D eigenvalue weighted by Gasteiger charge is 1.98. The number of amides is 1. The fourth-order valence-electron chi connectivity index (χ4n) is 1.97. The topological polar surface area (TPSA) is 66.0 Å². The lowest BCUT2D eigenvalue weighted by atomic mass is 10.2. The molecule has 0 aliphatic carbocycles. The second kappa shape index (κ2) is 18.6. The molecule has 0 radical (unpaired) electrons. The van der Waals surface area contributed by atoms with E-state index < -0.39 is 0 Å². The summed E-state index contributed by atoms with van der Waals surface area (Å²) < 4.78 is 21.7. The van der Waals surface area contributed by atoms with E-state index in [-0.39, 0.29) is 5.91 Å². The third kappa shape index (κ3) is 19.4. The Kier molecular flexibility index (Phi) is 18.1. The van der Waals surface area contributed by atoms with Gasteiger partial charge in [0.15, 0.2) is 0 Å². The quantitative estimate of drug-likeness (QED) is 0.386. The van der Waals surface area contributed by atoms with Crippen molar-refractivity contribution in [3.63, 3.8) is 0 Å². The number of hydrogen-bond donors (Lipinski definition) is 1. The summed E-state index contributed by atoms with van der Waals surface area (Å²) in [7, 11) is 0. The molecule has 0 aromatic heterocycles. The predicted octanol–water partition coefficient (Wildman–Crippen LogP) is 2.55. The lowest BCUT2D eigenvalue weighted by molar-refractivity contribution is -0.122. The van der Waals surface area contributed by atoms with Crippen LogP contribution in [-0.4, -0.2) is 64.8 Å². The van der Waals surface area contributed by atoms with Crippen LogP contribution in [0.4, 0.5) is 0 Å². The van der Waals surface area contributed by atoms with E-state index in [1.807, 2.05) is 6.92 Å². The number of nitrogens with one attached hydrogen (secondary N) is 1. The number of carbonyl (C=O) groups is 1. The van der Waals surface area contributed by atoms with Crippen LogP contribution in [0.5, 0.6) is 0 Å². The molecule has 0 unspecified atom stereocenters. The van der Waals surface area contributed by atoms with Gasteiger partial charge in [-0.15, -0.1) is 0 Å².